The third-order valence-electron chi connectivity index (χ3n) is 3.51. The summed E-state index contributed by atoms with van der Waals surface area (Å²) in [5.74, 6) is 0.665. The van der Waals surface area contributed by atoms with Crippen molar-refractivity contribution in [2.75, 3.05) is 33.3 Å². The van der Waals surface area contributed by atoms with E-state index < -0.39 is 0 Å². The number of ether oxygens (including phenoxy) is 1. The van der Waals surface area contributed by atoms with Gasteiger partial charge in [-0.3, -0.25) is 4.79 Å². The summed E-state index contributed by atoms with van der Waals surface area (Å²) in [4.78, 5) is 14.0. The Morgan fingerprint density at radius 2 is 2.29 bits per heavy atom. The first-order valence-electron chi connectivity index (χ1n) is 6.74. The van der Waals surface area contributed by atoms with Crippen LogP contribution < -0.4 is 5.32 Å². The van der Waals surface area contributed by atoms with Gasteiger partial charge in [-0.05, 0) is 31.8 Å². The Labute approximate surface area is 105 Å². The fraction of sp³-hybridized carbons (Fsp3) is 0.923. The molecular weight excluding hydrogens is 216 g/mol. The number of carbonyl (C=O) groups is 1. The number of nitrogens with one attached hydrogen (secondary N) is 1. The van der Waals surface area contributed by atoms with E-state index in [0.717, 1.165) is 38.5 Å². The summed E-state index contributed by atoms with van der Waals surface area (Å²) in [6.45, 7) is 8.22. The van der Waals surface area contributed by atoms with Gasteiger partial charge < -0.3 is 15.0 Å². The highest BCUT2D eigenvalue weighted by molar-refractivity contribution is 5.75. The Hall–Kier alpha value is -0.610. The molecule has 0 radical (unpaired) electrons. The molecule has 4 heteroatoms. The minimum atomic E-state index is -0.171. The third-order valence-corrected chi connectivity index (χ3v) is 3.51. The van der Waals surface area contributed by atoms with Crippen LogP contribution in [-0.2, 0) is 9.53 Å². The molecule has 4 nitrogen and oxygen atoms in total. The number of methoxy groups -OCH3 is 1. The Balaban J connectivity index is 2.40. The van der Waals surface area contributed by atoms with E-state index in [4.69, 9.17) is 4.74 Å². The fourth-order valence-electron chi connectivity index (χ4n) is 2.35. The Morgan fingerprint density at radius 3 is 2.82 bits per heavy atom. The van der Waals surface area contributed by atoms with Crippen molar-refractivity contribution in [2.24, 2.45) is 5.92 Å². The SMILES string of the molecule is CCCNC(CN1CCC(CC)C1)C(=O)OC. The van der Waals surface area contributed by atoms with E-state index in [1.54, 1.807) is 0 Å². The largest absolute Gasteiger partial charge is 0.468 e. The summed E-state index contributed by atoms with van der Waals surface area (Å²) < 4.78 is 4.84. The van der Waals surface area contributed by atoms with E-state index in [0.29, 0.717) is 0 Å². The lowest BCUT2D eigenvalue weighted by atomic mass is 10.1. The standard InChI is InChI=1S/C13H26N2O2/c1-4-7-14-12(13(16)17-3)10-15-8-6-11(5-2)9-15/h11-12,14H,4-10H2,1-3H3. The molecule has 0 amide bonds. The summed E-state index contributed by atoms with van der Waals surface area (Å²) in [6, 6.07) is -0.171. The zero-order valence-corrected chi connectivity index (χ0v) is 11.4. The van der Waals surface area contributed by atoms with Crippen LogP contribution >= 0.6 is 0 Å². The van der Waals surface area contributed by atoms with E-state index >= 15 is 0 Å². The van der Waals surface area contributed by atoms with Crippen LogP contribution in [-0.4, -0.2) is 50.2 Å². The predicted octanol–water partition coefficient (Wildman–Crippen LogP) is 1.26. The zero-order valence-electron chi connectivity index (χ0n) is 11.4. The lowest BCUT2D eigenvalue weighted by Crippen LogP contribution is -2.46. The first kappa shape index (κ1) is 14.5. The smallest absolute Gasteiger partial charge is 0.324 e. The van der Waals surface area contributed by atoms with Gasteiger partial charge in [0.15, 0.2) is 0 Å². The lowest BCUT2D eigenvalue weighted by molar-refractivity contribution is -0.143. The maximum atomic E-state index is 11.6. The fourth-order valence-corrected chi connectivity index (χ4v) is 2.35. The van der Waals surface area contributed by atoms with Crippen molar-refractivity contribution in [3.63, 3.8) is 0 Å². The first-order valence-corrected chi connectivity index (χ1v) is 6.74. The van der Waals surface area contributed by atoms with Crippen LogP contribution in [0.4, 0.5) is 0 Å². The van der Waals surface area contributed by atoms with Crippen molar-refractivity contribution in [2.45, 2.75) is 39.2 Å². The maximum Gasteiger partial charge on any atom is 0.324 e. The van der Waals surface area contributed by atoms with E-state index in [2.05, 4.69) is 24.1 Å². The van der Waals surface area contributed by atoms with Crippen LogP contribution in [0.5, 0.6) is 0 Å². The molecule has 2 atom stereocenters. The van der Waals surface area contributed by atoms with Crippen molar-refractivity contribution in [1.29, 1.82) is 0 Å². The van der Waals surface area contributed by atoms with Gasteiger partial charge in [0, 0.05) is 13.1 Å². The Kier molecular flexibility index (Phi) is 6.52. The molecule has 1 fully saturated rings. The number of esters is 1. The van der Waals surface area contributed by atoms with Crippen LogP contribution in [0, 0.1) is 5.92 Å². The minimum absolute atomic E-state index is 0.140. The summed E-state index contributed by atoms with van der Waals surface area (Å²) in [7, 11) is 1.46. The molecule has 1 N–H and O–H groups in total. The molecule has 0 bridgehead atoms. The number of carbonyl (C=O) groups excluding carboxylic acids is 1. The van der Waals surface area contributed by atoms with Crippen LogP contribution in [0.2, 0.25) is 0 Å². The molecule has 0 saturated carbocycles. The number of likely N-dealkylation sites (tertiary alicyclic amines) is 1. The summed E-state index contributed by atoms with van der Waals surface area (Å²) in [5.41, 5.74) is 0. The highest BCUT2D eigenvalue weighted by Crippen LogP contribution is 2.19. The van der Waals surface area contributed by atoms with Crippen LogP contribution in [0.25, 0.3) is 0 Å². The molecule has 0 aromatic heterocycles. The van der Waals surface area contributed by atoms with Crippen LogP contribution in [0.1, 0.15) is 33.1 Å². The van der Waals surface area contributed by atoms with Gasteiger partial charge in [0.05, 0.1) is 7.11 Å². The highest BCUT2D eigenvalue weighted by Gasteiger charge is 2.26. The highest BCUT2D eigenvalue weighted by atomic mass is 16.5. The number of hydrogen-bond acceptors (Lipinski definition) is 4. The van der Waals surface area contributed by atoms with Gasteiger partial charge in [-0.15, -0.1) is 0 Å². The number of rotatable bonds is 7. The summed E-state index contributed by atoms with van der Waals surface area (Å²) in [6.07, 6.45) is 3.53. The average molecular weight is 242 g/mol. The van der Waals surface area contributed by atoms with Gasteiger partial charge >= 0.3 is 5.97 Å². The second-order valence-corrected chi connectivity index (χ2v) is 4.85. The molecule has 0 aromatic carbocycles. The van der Waals surface area contributed by atoms with E-state index in [9.17, 15) is 4.79 Å². The van der Waals surface area contributed by atoms with Crippen LogP contribution in [0.3, 0.4) is 0 Å². The minimum Gasteiger partial charge on any atom is -0.468 e. The zero-order chi connectivity index (χ0) is 12.7. The molecule has 2 unspecified atom stereocenters. The maximum absolute atomic E-state index is 11.6. The van der Waals surface area contributed by atoms with Crippen molar-refractivity contribution < 1.29 is 9.53 Å². The monoisotopic (exact) mass is 242 g/mol. The molecule has 1 rings (SSSR count). The van der Waals surface area contributed by atoms with Gasteiger partial charge in [-0.2, -0.15) is 0 Å². The van der Waals surface area contributed by atoms with Gasteiger partial charge in [0.2, 0.25) is 0 Å². The molecule has 1 aliphatic heterocycles. The van der Waals surface area contributed by atoms with E-state index in [-0.39, 0.29) is 12.0 Å². The lowest BCUT2D eigenvalue weighted by Gasteiger charge is -2.22. The molecule has 0 spiro atoms. The second-order valence-electron chi connectivity index (χ2n) is 4.85. The molecule has 100 valence electrons. The topological polar surface area (TPSA) is 41.6 Å². The Morgan fingerprint density at radius 1 is 1.53 bits per heavy atom. The van der Waals surface area contributed by atoms with Crippen molar-refractivity contribution in [1.82, 2.24) is 10.2 Å². The molecule has 1 aliphatic rings. The molecular formula is C13H26N2O2. The molecule has 0 aliphatic carbocycles. The van der Waals surface area contributed by atoms with Crippen molar-refractivity contribution in [3.05, 3.63) is 0 Å². The predicted molar refractivity (Wildman–Crippen MR) is 68.9 cm³/mol. The quantitative estimate of drug-likeness (QED) is 0.682. The summed E-state index contributed by atoms with van der Waals surface area (Å²) >= 11 is 0. The van der Waals surface area contributed by atoms with Crippen molar-refractivity contribution >= 4 is 5.97 Å². The Bertz CT molecular complexity index is 233. The average Bonchev–Trinajstić information content (AvgIpc) is 2.81. The molecule has 1 heterocycles. The molecule has 0 aromatic rings. The first-order chi connectivity index (χ1) is 8.21. The van der Waals surface area contributed by atoms with Gasteiger partial charge in [-0.25, -0.2) is 0 Å². The van der Waals surface area contributed by atoms with Gasteiger partial charge in [0.25, 0.3) is 0 Å². The number of hydrogen-bond donors (Lipinski definition) is 1. The van der Waals surface area contributed by atoms with E-state index in [1.807, 2.05) is 0 Å². The third kappa shape index (κ3) is 4.64. The number of nitrogens with zero attached hydrogens (tertiary/aromatic N) is 1. The second kappa shape index (κ2) is 7.67. The van der Waals surface area contributed by atoms with Gasteiger partial charge in [-0.1, -0.05) is 20.3 Å². The summed E-state index contributed by atoms with van der Waals surface area (Å²) in [5, 5.41) is 3.26. The normalized spacial score (nSPS) is 22.6. The van der Waals surface area contributed by atoms with E-state index in [1.165, 1.54) is 20.0 Å². The van der Waals surface area contributed by atoms with Crippen molar-refractivity contribution in [3.8, 4) is 0 Å². The molecule has 17 heavy (non-hydrogen) atoms. The molecule has 1 saturated heterocycles. The van der Waals surface area contributed by atoms with Gasteiger partial charge in [0.1, 0.15) is 6.04 Å². The van der Waals surface area contributed by atoms with Crippen LogP contribution in [0.15, 0.2) is 0 Å².